The summed E-state index contributed by atoms with van der Waals surface area (Å²) < 4.78 is 5.26. The highest BCUT2D eigenvalue weighted by Crippen LogP contribution is 2.51. The lowest BCUT2D eigenvalue weighted by Crippen LogP contribution is -2.65. The Labute approximate surface area is 113 Å². The van der Waals surface area contributed by atoms with Gasteiger partial charge in [-0.15, -0.1) is 0 Å². The summed E-state index contributed by atoms with van der Waals surface area (Å²) in [7, 11) is 0. The Hall–Kier alpha value is -1.30. The van der Waals surface area contributed by atoms with Crippen molar-refractivity contribution >= 4 is 12.0 Å². The summed E-state index contributed by atoms with van der Waals surface area (Å²) in [5.41, 5.74) is -0.157. The number of aliphatic carboxylic acids is 1. The summed E-state index contributed by atoms with van der Waals surface area (Å²) in [5.74, 6) is -0.410. The third-order valence-corrected chi connectivity index (χ3v) is 4.10. The molecular formula is C13H22N2O4. The number of hydrogen-bond donors (Lipinski definition) is 2. The van der Waals surface area contributed by atoms with Crippen LogP contribution in [0.2, 0.25) is 0 Å². The monoisotopic (exact) mass is 270 g/mol. The van der Waals surface area contributed by atoms with Gasteiger partial charge in [0.1, 0.15) is 12.2 Å². The Morgan fingerprint density at radius 1 is 1.37 bits per heavy atom. The van der Waals surface area contributed by atoms with Crippen molar-refractivity contribution in [1.29, 1.82) is 0 Å². The minimum Gasteiger partial charge on any atom is -0.480 e. The van der Waals surface area contributed by atoms with E-state index < -0.39 is 11.6 Å². The summed E-state index contributed by atoms with van der Waals surface area (Å²) in [5, 5.41) is 11.5. The van der Waals surface area contributed by atoms with Crippen LogP contribution in [0.5, 0.6) is 0 Å². The lowest BCUT2D eigenvalue weighted by Gasteiger charge is -2.47. The number of carbonyl (C=O) groups is 2. The van der Waals surface area contributed by atoms with E-state index in [4.69, 9.17) is 9.84 Å². The van der Waals surface area contributed by atoms with Gasteiger partial charge in [-0.3, -0.25) is 0 Å². The van der Waals surface area contributed by atoms with E-state index in [1.54, 1.807) is 4.90 Å². The topological polar surface area (TPSA) is 78.9 Å². The Balaban J connectivity index is 1.65. The summed E-state index contributed by atoms with van der Waals surface area (Å²) in [6, 6.07) is -0.0842. The number of nitrogens with zero attached hydrogens (tertiary/aromatic N) is 1. The molecule has 6 nitrogen and oxygen atoms in total. The highest BCUT2D eigenvalue weighted by atomic mass is 16.5. The smallest absolute Gasteiger partial charge is 0.329 e. The molecule has 6 heteroatoms. The minimum absolute atomic E-state index is 0.0842. The Bertz CT molecular complexity index is 388. The minimum atomic E-state index is -0.986. The van der Waals surface area contributed by atoms with Crippen molar-refractivity contribution < 1.29 is 19.4 Å². The van der Waals surface area contributed by atoms with Crippen LogP contribution in [0.15, 0.2) is 0 Å². The van der Waals surface area contributed by atoms with Crippen molar-refractivity contribution in [3.63, 3.8) is 0 Å². The average molecular weight is 270 g/mol. The van der Waals surface area contributed by atoms with E-state index in [0.29, 0.717) is 24.4 Å². The molecule has 2 aliphatic rings. The van der Waals surface area contributed by atoms with Crippen LogP contribution in [0, 0.1) is 11.3 Å². The molecule has 1 aliphatic heterocycles. The van der Waals surface area contributed by atoms with Gasteiger partial charge in [0, 0.05) is 6.54 Å². The number of rotatable bonds is 5. The SMILES string of the molecule is CC1(OCC(=O)O)CN(C(=O)NCC2CC2(C)C)C1. The Morgan fingerprint density at radius 2 is 1.95 bits per heavy atom. The number of amides is 2. The van der Waals surface area contributed by atoms with Crippen LogP contribution in [0.25, 0.3) is 0 Å². The van der Waals surface area contributed by atoms with Crippen LogP contribution < -0.4 is 5.32 Å². The normalized spacial score (nSPS) is 26.5. The first-order valence-electron chi connectivity index (χ1n) is 6.60. The second kappa shape index (κ2) is 4.67. The Morgan fingerprint density at radius 3 is 2.42 bits per heavy atom. The van der Waals surface area contributed by atoms with Crippen LogP contribution in [-0.2, 0) is 9.53 Å². The summed E-state index contributed by atoms with van der Waals surface area (Å²) in [6.45, 7) is 7.51. The zero-order chi connectivity index (χ0) is 14.3. The molecule has 2 amide bonds. The number of hydrogen-bond acceptors (Lipinski definition) is 3. The van der Waals surface area contributed by atoms with Gasteiger partial charge in [-0.25, -0.2) is 9.59 Å². The zero-order valence-electron chi connectivity index (χ0n) is 11.7. The number of likely N-dealkylation sites (tertiary alicyclic amines) is 1. The van der Waals surface area contributed by atoms with Crippen molar-refractivity contribution in [2.75, 3.05) is 26.2 Å². The molecule has 0 radical (unpaired) electrons. The van der Waals surface area contributed by atoms with Crippen molar-refractivity contribution in [2.45, 2.75) is 32.8 Å². The summed E-state index contributed by atoms with van der Waals surface area (Å²) in [6.07, 6.45) is 1.16. The van der Waals surface area contributed by atoms with Gasteiger partial charge in [-0.05, 0) is 24.7 Å². The van der Waals surface area contributed by atoms with Crippen LogP contribution in [-0.4, -0.2) is 53.8 Å². The third kappa shape index (κ3) is 3.37. The first-order valence-corrected chi connectivity index (χ1v) is 6.60. The molecule has 1 aliphatic carbocycles. The van der Waals surface area contributed by atoms with Gasteiger partial charge in [0.2, 0.25) is 0 Å². The standard InChI is InChI=1S/C13H22N2O4/c1-12(2)4-9(12)5-14-11(18)15-7-13(3,8-15)19-6-10(16)17/h9H,4-8H2,1-3H3,(H,14,18)(H,16,17). The number of carboxylic acid groups (broad SMARTS) is 1. The predicted molar refractivity (Wildman–Crippen MR) is 68.9 cm³/mol. The molecule has 2 fully saturated rings. The fourth-order valence-electron chi connectivity index (χ4n) is 2.48. The number of urea groups is 1. The molecule has 1 saturated carbocycles. The molecule has 2 N–H and O–H groups in total. The molecular weight excluding hydrogens is 248 g/mol. The van der Waals surface area contributed by atoms with Gasteiger partial charge in [0.05, 0.1) is 13.1 Å². The van der Waals surface area contributed by atoms with Crippen LogP contribution in [0.3, 0.4) is 0 Å². The number of ether oxygens (including phenoxy) is 1. The van der Waals surface area contributed by atoms with Crippen molar-refractivity contribution in [3.8, 4) is 0 Å². The number of nitrogens with one attached hydrogen (secondary N) is 1. The fraction of sp³-hybridized carbons (Fsp3) is 0.846. The second-order valence-electron chi connectivity index (χ2n) is 6.56. The van der Waals surface area contributed by atoms with Crippen LogP contribution in [0.1, 0.15) is 27.2 Å². The molecule has 2 rings (SSSR count). The molecule has 0 aromatic carbocycles. The van der Waals surface area contributed by atoms with Crippen LogP contribution in [0.4, 0.5) is 4.79 Å². The molecule has 0 spiro atoms. The predicted octanol–water partition coefficient (Wildman–Crippen LogP) is 0.918. The van der Waals surface area contributed by atoms with E-state index in [0.717, 1.165) is 13.0 Å². The average Bonchev–Trinajstić information content (AvgIpc) is 2.87. The van der Waals surface area contributed by atoms with E-state index in [2.05, 4.69) is 19.2 Å². The first-order chi connectivity index (χ1) is 8.72. The van der Waals surface area contributed by atoms with E-state index >= 15 is 0 Å². The van der Waals surface area contributed by atoms with Gasteiger partial charge in [-0.2, -0.15) is 0 Å². The lowest BCUT2D eigenvalue weighted by molar-refractivity contribution is -0.159. The third-order valence-electron chi connectivity index (χ3n) is 4.10. The number of carbonyl (C=O) groups excluding carboxylic acids is 1. The lowest BCUT2D eigenvalue weighted by atomic mass is 9.97. The summed E-state index contributed by atoms with van der Waals surface area (Å²) in [4.78, 5) is 23.9. The maximum absolute atomic E-state index is 11.8. The van der Waals surface area contributed by atoms with E-state index in [1.807, 2.05) is 6.92 Å². The van der Waals surface area contributed by atoms with Gasteiger partial charge in [0.15, 0.2) is 0 Å². The quantitative estimate of drug-likeness (QED) is 0.778. The molecule has 1 heterocycles. The van der Waals surface area contributed by atoms with Gasteiger partial charge >= 0.3 is 12.0 Å². The molecule has 0 aromatic heterocycles. The van der Waals surface area contributed by atoms with Gasteiger partial charge in [-0.1, -0.05) is 13.8 Å². The zero-order valence-corrected chi connectivity index (χ0v) is 11.7. The highest BCUT2D eigenvalue weighted by Gasteiger charge is 2.46. The molecule has 1 saturated heterocycles. The van der Waals surface area contributed by atoms with E-state index in [9.17, 15) is 9.59 Å². The molecule has 19 heavy (non-hydrogen) atoms. The number of carboxylic acids is 1. The molecule has 0 bridgehead atoms. The van der Waals surface area contributed by atoms with Crippen molar-refractivity contribution in [2.24, 2.45) is 11.3 Å². The fourth-order valence-corrected chi connectivity index (χ4v) is 2.48. The van der Waals surface area contributed by atoms with E-state index in [-0.39, 0.29) is 12.6 Å². The van der Waals surface area contributed by atoms with Gasteiger partial charge in [0.25, 0.3) is 0 Å². The maximum Gasteiger partial charge on any atom is 0.329 e. The molecule has 0 aromatic rings. The maximum atomic E-state index is 11.8. The highest BCUT2D eigenvalue weighted by molar-refractivity contribution is 5.75. The van der Waals surface area contributed by atoms with Crippen molar-refractivity contribution in [1.82, 2.24) is 10.2 Å². The molecule has 108 valence electrons. The molecule has 1 unspecified atom stereocenters. The largest absolute Gasteiger partial charge is 0.480 e. The second-order valence-corrected chi connectivity index (χ2v) is 6.56. The summed E-state index contributed by atoms with van der Waals surface area (Å²) >= 11 is 0. The first kappa shape index (κ1) is 14.1. The van der Waals surface area contributed by atoms with E-state index in [1.165, 1.54) is 0 Å². The Kier molecular flexibility index (Phi) is 3.47. The molecule has 1 atom stereocenters. The van der Waals surface area contributed by atoms with Crippen molar-refractivity contribution in [3.05, 3.63) is 0 Å². The van der Waals surface area contributed by atoms with Gasteiger partial charge < -0.3 is 20.1 Å². The van der Waals surface area contributed by atoms with Crippen LogP contribution >= 0.6 is 0 Å².